The first-order valence-corrected chi connectivity index (χ1v) is 10.6. The Morgan fingerprint density at radius 1 is 1.16 bits per heavy atom. The second kappa shape index (κ2) is 7.08. The van der Waals surface area contributed by atoms with Gasteiger partial charge in [0.2, 0.25) is 0 Å². The number of rotatable bonds is 3. The number of aromatic nitrogens is 2. The van der Waals surface area contributed by atoms with Gasteiger partial charge in [0.25, 0.3) is 5.56 Å². The number of nitrogens with zero attached hydrogens (tertiary/aromatic N) is 2. The van der Waals surface area contributed by atoms with Crippen molar-refractivity contribution in [3.8, 4) is 11.3 Å². The summed E-state index contributed by atoms with van der Waals surface area (Å²) in [5.41, 5.74) is 4.38. The molecule has 1 N–H and O–H groups in total. The van der Waals surface area contributed by atoms with E-state index in [4.69, 9.17) is 21.1 Å². The van der Waals surface area contributed by atoms with Crippen LogP contribution in [-0.2, 0) is 0 Å². The highest BCUT2D eigenvalue weighted by Crippen LogP contribution is 2.28. The van der Waals surface area contributed by atoms with Crippen LogP contribution in [0.15, 0.2) is 51.7 Å². The van der Waals surface area contributed by atoms with Crippen LogP contribution in [0.2, 0.25) is 5.02 Å². The number of fused-ring (bicyclic) bond motifs is 3. The average molecular weight is 451 g/mol. The fourth-order valence-electron chi connectivity index (χ4n) is 3.48. The number of carbonyl (C=O) groups is 1. The molecular formula is C23H15ClN2O4S. The lowest BCUT2D eigenvalue weighted by molar-refractivity contribution is 0.0697. The third-order valence-corrected chi connectivity index (χ3v) is 6.52. The molecule has 0 saturated carbocycles. The summed E-state index contributed by atoms with van der Waals surface area (Å²) >= 11 is 7.36. The Labute approximate surface area is 184 Å². The van der Waals surface area contributed by atoms with Crippen LogP contribution in [0.3, 0.4) is 0 Å². The number of carboxylic acid groups (broad SMARTS) is 1. The summed E-state index contributed by atoms with van der Waals surface area (Å²) in [5.74, 6) is -0.0598. The summed E-state index contributed by atoms with van der Waals surface area (Å²) in [7, 11) is 0. The zero-order valence-corrected chi connectivity index (χ0v) is 18.0. The van der Waals surface area contributed by atoms with Gasteiger partial charge in [0.1, 0.15) is 16.1 Å². The van der Waals surface area contributed by atoms with Crippen LogP contribution in [0, 0.1) is 13.8 Å². The number of imidazole rings is 1. The number of carboxylic acids is 1. The van der Waals surface area contributed by atoms with Crippen LogP contribution in [-0.4, -0.2) is 20.5 Å². The minimum Gasteiger partial charge on any atom is -0.478 e. The Bertz CT molecular complexity index is 1630. The van der Waals surface area contributed by atoms with Gasteiger partial charge < -0.3 is 9.52 Å². The lowest BCUT2D eigenvalue weighted by Gasteiger charge is -2.01. The van der Waals surface area contributed by atoms with Crippen molar-refractivity contribution in [3.05, 3.63) is 84.8 Å². The molecule has 6 nitrogen and oxygen atoms in total. The summed E-state index contributed by atoms with van der Waals surface area (Å²) in [4.78, 5) is 29.4. The zero-order chi connectivity index (χ0) is 21.9. The first kappa shape index (κ1) is 19.5. The van der Waals surface area contributed by atoms with Crippen LogP contribution < -0.4 is 10.1 Å². The molecular weight excluding hydrogens is 436 g/mol. The molecule has 0 unspecified atom stereocenters. The number of benzene rings is 2. The van der Waals surface area contributed by atoms with Gasteiger partial charge in [0.05, 0.1) is 21.6 Å². The molecule has 2 aromatic carbocycles. The molecule has 0 bridgehead atoms. The smallest absolute Gasteiger partial charge is 0.337 e. The predicted molar refractivity (Wildman–Crippen MR) is 121 cm³/mol. The van der Waals surface area contributed by atoms with E-state index in [-0.39, 0.29) is 16.1 Å². The summed E-state index contributed by atoms with van der Waals surface area (Å²) in [6.45, 7) is 4.04. The monoisotopic (exact) mass is 450 g/mol. The largest absolute Gasteiger partial charge is 0.478 e. The first-order valence-electron chi connectivity index (χ1n) is 9.39. The van der Waals surface area contributed by atoms with Gasteiger partial charge in [-0.15, -0.1) is 0 Å². The van der Waals surface area contributed by atoms with E-state index in [0.717, 1.165) is 22.2 Å². The maximum Gasteiger partial charge on any atom is 0.337 e. The van der Waals surface area contributed by atoms with Gasteiger partial charge in [0, 0.05) is 11.6 Å². The van der Waals surface area contributed by atoms with E-state index in [1.165, 1.54) is 17.4 Å². The highest BCUT2D eigenvalue weighted by atomic mass is 35.5. The Hall–Kier alpha value is -3.42. The van der Waals surface area contributed by atoms with Crippen molar-refractivity contribution in [1.82, 2.24) is 9.38 Å². The highest BCUT2D eigenvalue weighted by molar-refractivity contribution is 7.15. The lowest BCUT2D eigenvalue weighted by atomic mass is 10.1. The molecule has 154 valence electrons. The van der Waals surface area contributed by atoms with E-state index >= 15 is 0 Å². The van der Waals surface area contributed by atoms with Gasteiger partial charge in [-0.05, 0) is 61.4 Å². The van der Waals surface area contributed by atoms with Gasteiger partial charge in [0.15, 0.2) is 4.96 Å². The Kier molecular flexibility index (Phi) is 4.46. The molecule has 0 spiro atoms. The molecule has 31 heavy (non-hydrogen) atoms. The van der Waals surface area contributed by atoms with E-state index in [1.54, 1.807) is 34.7 Å². The van der Waals surface area contributed by atoms with Gasteiger partial charge in [-0.3, -0.25) is 4.79 Å². The third-order valence-electron chi connectivity index (χ3n) is 5.24. The molecule has 0 radical (unpaired) electrons. The predicted octanol–water partition coefficient (Wildman–Crippen LogP) is 4.69. The molecule has 0 aliphatic carbocycles. The van der Waals surface area contributed by atoms with Crippen LogP contribution in [0.4, 0.5) is 0 Å². The van der Waals surface area contributed by atoms with Crippen molar-refractivity contribution in [1.29, 1.82) is 0 Å². The van der Waals surface area contributed by atoms with Crippen molar-refractivity contribution >= 4 is 51.0 Å². The number of furan rings is 1. The molecule has 0 atom stereocenters. The van der Waals surface area contributed by atoms with Crippen molar-refractivity contribution in [2.24, 2.45) is 0 Å². The molecule has 5 aromatic rings. The van der Waals surface area contributed by atoms with Gasteiger partial charge in [-0.25, -0.2) is 14.2 Å². The van der Waals surface area contributed by atoms with Crippen molar-refractivity contribution < 1.29 is 14.3 Å². The van der Waals surface area contributed by atoms with Crippen molar-refractivity contribution in [3.63, 3.8) is 0 Å². The van der Waals surface area contributed by atoms with E-state index in [9.17, 15) is 9.59 Å². The molecule has 0 saturated heterocycles. The second-order valence-electron chi connectivity index (χ2n) is 7.27. The number of hydrogen-bond acceptors (Lipinski definition) is 5. The van der Waals surface area contributed by atoms with Gasteiger partial charge in [-0.1, -0.05) is 29.0 Å². The number of halogens is 1. The second-order valence-corrected chi connectivity index (χ2v) is 8.69. The van der Waals surface area contributed by atoms with E-state index < -0.39 is 5.97 Å². The Morgan fingerprint density at radius 2 is 1.94 bits per heavy atom. The minimum atomic E-state index is -1.09. The number of thiazole rings is 1. The molecule has 3 aromatic heterocycles. The molecule has 3 heterocycles. The molecule has 0 fully saturated rings. The van der Waals surface area contributed by atoms with E-state index in [2.05, 4.69) is 4.98 Å². The first-order chi connectivity index (χ1) is 14.8. The topological polar surface area (TPSA) is 84.8 Å². The van der Waals surface area contributed by atoms with E-state index in [1.807, 2.05) is 26.0 Å². The fraction of sp³-hybridized carbons (Fsp3) is 0.0870. The van der Waals surface area contributed by atoms with Crippen LogP contribution >= 0.6 is 22.9 Å². The number of aromatic carboxylic acids is 1. The maximum absolute atomic E-state index is 13.0. The SMILES string of the molecule is Cc1cc2nc3s/c(=C\c4ccc(-c5ccc(C(=O)O)c(Cl)c5)o4)c(=O)n3c2cc1C. The third kappa shape index (κ3) is 3.22. The lowest BCUT2D eigenvalue weighted by Crippen LogP contribution is -2.22. The quantitative estimate of drug-likeness (QED) is 0.431. The van der Waals surface area contributed by atoms with Gasteiger partial charge >= 0.3 is 5.97 Å². The summed E-state index contributed by atoms with van der Waals surface area (Å²) in [6.07, 6.45) is 1.69. The van der Waals surface area contributed by atoms with Gasteiger partial charge in [-0.2, -0.15) is 0 Å². The summed E-state index contributed by atoms with van der Waals surface area (Å²) in [6, 6.07) is 12.1. The van der Waals surface area contributed by atoms with Crippen molar-refractivity contribution in [2.45, 2.75) is 13.8 Å². The molecule has 8 heteroatoms. The summed E-state index contributed by atoms with van der Waals surface area (Å²) in [5, 5.41) is 9.24. The van der Waals surface area contributed by atoms with Crippen molar-refractivity contribution in [2.75, 3.05) is 0 Å². The zero-order valence-electron chi connectivity index (χ0n) is 16.5. The van der Waals surface area contributed by atoms with Crippen LogP contribution in [0.5, 0.6) is 0 Å². The number of aryl methyl sites for hydroxylation is 2. The highest BCUT2D eigenvalue weighted by Gasteiger charge is 2.14. The Morgan fingerprint density at radius 3 is 2.68 bits per heavy atom. The number of hydrogen-bond donors (Lipinski definition) is 1. The maximum atomic E-state index is 13.0. The Balaban J connectivity index is 1.57. The minimum absolute atomic E-state index is 0.0272. The normalized spacial score (nSPS) is 12.3. The van der Waals surface area contributed by atoms with E-state index in [0.29, 0.717) is 26.6 Å². The average Bonchev–Trinajstić information content (AvgIpc) is 3.39. The summed E-state index contributed by atoms with van der Waals surface area (Å²) < 4.78 is 8.00. The molecule has 0 aliphatic rings. The van der Waals surface area contributed by atoms with Crippen LogP contribution in [0.25, 0.3) is 33.4 Å². The molecule has 0 amide bonds. The standard InChI is InChI=1S/C23H15ClN2O4S/c1-11-7-17-18(8-12(11)2)26-21(27)20(31-23(26)25-17)10-14-4-6-19(30-14)13-3-5-15(22(28)29)16(24)9-13/h3-10H,1-2H3,(H,28,29)/b20-10-. The fourth-order valence-corrected chi connectivity index (χ4v) is 4.70. The van der Waals surface area contributed by atoms with Crippen LogP contribution in [0.1, 0.15) is 27.2 Å². The molecule has 5 rings (SSSR count). The molecule has 0 aliphatic heterocycles.